The maximum absolute atomic E-state index is 8.85. The number of ether oxygens (including phenoxy) is 1. The summed E-state index contributed by atoms with van der Waals surface area (Å²) in [6, 6.07) is 8.28. The largest absolute Gasteiger partial charge is 0.381 e. The summed E-state index contributed by atoms with van der Waals surface area (Å²) in [5.74, 6) is 0. The molecule has 2 aromatic rings. The number of aromatic nitrogens is 2. The van der Waals surface area contributed by atoms with Gasteiger partial charge in [0.05, 0.1) is 29.0 Å². The van der Waals surface area contributed by atoms with Crippen LogP contribution in [0.3, 0.4) is 0 Å². The van der Waals surface area contributed by atoms with E-state index >= 15 is 0 Å². The number of rotatable bonds is 1. The molecule has 86 valence electrons. The maximum Gasteiger partial charge on any atom is 0.0992 e. The van der Waals surface area contributed by atoms with E-state index < -0.39 is 0 Å². The molecule has 1 aliphatic rings. The van der Waals surface area contributed by atoms with Crippen molar-refractivity contribution in [3.05, 3.63) is 30.1 Å². The van der Waals surface area contributed by atoms with Crippen LogP contribution in [0.5, 0.6) is 0 Å². The Bertz CT molecular complexity index is 576. The van der Waals surface area contributed by atoms with Crippen molar-refractivity contribution in [3.63, 3.8) is 0 Å². The monoisotopic (exact) mass is 227 g/mol. The molecule has 0 radical (unpaired) electrons. The van der Waals surface area contributed by atoms with Gasteiger partial charge in [-0.2, -0.15) is 5.26 Å². The van der Waals surface area contributed by atoms with Crippen molar-refractivity contribution in [3.8, 4) is 6.07 Å². The lowest BCUT2D eigenvalue weighted by atomic mass is 10.1. The Labute approximate surface area is 99.4 Å². The number of hydrogen-bond acceptors (Lipinski definition) is 3. The van der Waals surface area contributed by atoms with E-state index in [1.807, 2.05) is 24.5 Å². The Morgan fingerprint density at radius 3 is 2.94 bits per heavy atom. The quantitative estimate of drug-likeness (QED) is 0.750. The highest BCUT2D eigenvalue weighted by molar-refractivity contribution is 5.77. The number of fused-ring (bicyclic) bond motifs is 1. The summed E-state index contributed by atoms with van der Waals surface area (Å²) in [6.07, 6.45) is 3.94. The number of imidazole rings is 1. The van der Waals surface area contributed by atoms with Crippen molar-refractivity contribution in [1.82, 2.24) is 9.55 Å². The van der Waals surface area contributed by atoms with Crippen LogP contribution in [0.1, 0.15) is 24.4 Å². The summed E-state index contributed by atoms with van der Waals surface area (Å²) in [7, 11) is 0. The van der Waals surface area contributed by atoms with E-state index in [1.54, 1.807) is 0 Å². The Hall–Kier alpha value is -1.86. The number of hydrogen-bond donors (Lipinski definition) is 0. The minimum Gasteiger partial charge on any atom is -0.381 e. The fraction of sp³-hybridized carbons (Fsp3) is 0.385. The molecule has 1 aromatic heterocycles. The molecule has 2 heterocycles. The average Bonchev–Trinajstić information content (AvgIpc) is 2.82. The number of nitriles is 1. The third-order valence-electron chi connectivity index (χ3n) is 3.29. The summed E-state index contributed by atoms with van der Waals surface area (Å²) in [4.78, 5) is 4.37. The molecule has 4 heteroatoms. The number of nitrogens with zero attached hydrogens (tertiary/aromatic N) is 3. The highest BCUT2D eigenvalue weighted by atomic mass is 16.5. The molecule has 0 atom stereocenters. The number of benzene rings is 1. The minimum atomic E-state index is 0.474. The van der Waals surface area contributed by atoms with E-state index in [0.29, 0.717) is 11.6 Å². The normalized spacial score (nSPS) is 17.1. The van der Waals surface area contributed by atoms with E-state index in [2.05, 4.69) is 15.6 Å². The summed E-state index contributed by atoms with van der Waals surface area (Å²) in [6.45, 7) is 1.64. The minimum absolute atomic E-state index is 0.474. The smallest absolute Gasteiger partial charge is 0.0992 e. The van der Waals surface area contributed by atoms with Crippen molar-refractivity contribution < 1.29 is 4.74 Å². The zero-order valence-electron chi connectivity index (χ0n) is 9.47. The van der Waals surface area contributed by atoms with Crippen LogP contribution in [0.4, 0.5) is 0 Å². The first kappa shape index (κ1) is 10.3. The van der Waals surface area contributed by atoms with Gasteiger partial charge in [0.15, 0.2) is 0 Å². The molecule has 1 saturated heterocycles. The van der Waals surface area contributed by atoms with Gasteiger partial charge in [0.1, 0.15) is 0 Å². The zero-order valence-corrected chi connectivity index (χ0v) is 9.47. The van der Waals surface area contributed by atoms with E-state index in [4.69, 9.17) is 10.00 Å². The Morgan fingerprint density at radius 2 is 2.18 bits per heavy atom. The van der Waals surface area contributed by atoms with Crippen LogP contribution in [0.2, 0.25) is 0 Å². The van der Waals surface area contributed by atoms with Gasteiger partial charge >= 0.3 is 0 Å². The van der Waals surface area contributed by atoms with E-state index in [0.717, 1.165) is 37.1 Å². The zero-order chi connectivity index (χ0) is 11.7. The predicted molar refractivity (Wildman–Crippen MR) is 63.5 cm³/mol. The molecule has 3 rings (SSSR count). The van der Waals surface area contributed by atoms with Crippen molar-refractivity contribution in [1.29, 1.82) is 5.26 Å². The van der Waals surface area contributed by atoms with Crippen molar-refractivity contribution >= 4 is 11.0 Å². The Morgan fingerprint density at radius 1 is 1.35 bits per heavy atom. The van der Waals surface area contributed by atoms with Gasteiger partial charge in [0.2, 0.25) is 0 Å². The van der Waals surface area contributed by atoms with Gasteiger partial charge < -0.3 is 9.30 Å². The van der Waals surface area contributed by atoms with Gasteiger partial charge in [0, 0.05) is 19.3 Å². The standard InChI is InChI=1S/C13H13N3O/c14-8-10-1-2-13-12(7-10)15-9-16(13)11-3-5-17-6-4-11/h1-2,7,9,11H,3-6H2. The SMILES string of the molecule is N#Cc1ccc2c(c1)ncn2C1CCOCC1. The highest BCUT2D eigenvalue weighted by Gasteiger charge is 2.17. The Balaban J connectivity index is 2.03. The van der Waals surface area contributed by atoms with Crippen LogP contribution in [0.25, 0.3) is 11.0 Å². The van der Waals surface area contributed by atoms with Gasteiger partial charge in [-0.15, -0.1) is 0 Å². The highest BCUT2D eigenvalue weighted by Crippen LogP contribution is 2.25. The first-order valence-corrected chi connectivity index (χ1v) is 5.83. The molecule has 0 unspecified atom stereocenters. The fourth-order valence-electron chi connectivity index (χ4n) is 2.36. The van der Waals surface area contributed by atoms with Crippen LogP contribution >= 0.6 is 0 Å². The lowest BCUT2D eigenvalue weighted by Crippen LogP contribution is -2.18. The summed E-state index contributed by atoms with van der Waals surface area (Å²) < 4.78 is 7.58. The van der Waals surface area contributed by atoms with Gasteiger partial charge in [0.25, 0.3) is 0 Å². The van der Waals surface area contributed by atoms with E-state index in [1.165, 1.54) is 0 Å². The van der Waals surface area contributed by atoms with Crippen molar-refractivity contribution in [2.75, 3.05) is 13.2 Å². The fourth-order valence-corrected chi connectivity index (χ4v) is 2.36. The molecule has 0 saturated carbocycles. The van der Waals surface area contributed by atoms with Gasteiger partial charge in [-0.1, -0.05) is 0 Å². The molecule has 0 amide bonds. The second kappa shape index (κ2) is 4.19. The molecule has 0 spiro atoms. The molecule has 17 heavy (non-hydrogen) atoms. The molecule has 4 nitrogen and oxygen atoms in total. The van der Waals surface area contributed by atoms with Crippen LogP contribution in [0.15, 0.2) is 24.5 Å². The first-order valence-electron chi connectivity index (χ1n) is 5.83. The van der Waals surface area contributed by atoms with Crippen LogP contribution < -0.4 is 0 Å². The van der Waals surface area contributed by atoms with E-state index in [9.17, 15) is 0 Å². The molecule has 1 fully saturated rings. The predicted octanol–water partition coefficient (Wildman–Crippen LogP) is 2.26. The molecular formula is C13H13N3O. The summed E-state index contributed by atoms with van der Waals surface area (Å²) >= 11 is 0. The van der Waals surface area contributed by atoms with Crippen molar-refractivity contribution in [2.45, 2.75) is 18.9 Å². The Kier molecular flexibility index (Phi) is 2.54. The summed E-state index contributed by atoms with van der Waals surface area (Å²) in [5, 5.41) is 8.85. The van der Waals surface area contributed by atoms with Crippen LogP contribution in [-0.2, 0) is 4.74 Å². The van der Waals surface area contributed by atoms with E-state index in [-0.39, 0.29) is 0 Å². The third kappa shape index (κ3) is 1.79. The van der Waals surface area contributed by atoms with Crippen LogP contribution in [-0.4, -0.2) is 22.8 Å². The lowest BCUT2D eigenvalue weighted by Gasteiger charge is -2.23. The second-order valence-corrected chi connectivity index (χ2v) is 4.31. The lowest BCUT2D eigenvalue weighted by molar-refractivity contribution is 0.0706. The molecule has 1 aliphatic heterocycles. The van der Waals surface area contributed by atoms with Gasteiger partial charge in [-0.3, -0.25) is 0 Å². The van der Waals surface area contributed by atoms with Gasteiger partial charge in [-0.05, 0) is 31.0 Å². The summed E-state index contributed by atoms with van der Waals surface area (Å²) in [5.41, 5.74) is 2.67. The molecule has 1 aromatic carbocycles. The van der Waals surface area contributed by atoms with Crippen LogP contribution in [0, 0.1) is 11.3 Å². The maximum atomic E-state index is 8.85. The second-order valence-electron chi connectivity index (χ2n) is 4.31. The molecular weight excluding hydrogens is 214 g/mol. The average molecular weight is 227 g/mol. The van der Waals surface area contributed by atoms with Crippen molar-refractivity contribution in [2.24, 2.45) is 0 Å². The topological polar surface area (TPSA) is 50.8 Å². The third-order valence-corrected chi connectivity index (χ3v) is 3.29. The molecule has 0 aliphatic carbocycles. The molecule has 0 N–H and O–H groups in total. The molecule has 0 bridgehead atoms. The first-order chi connectivity index (χ1) is 8.38. The van der Waals surface area contributed by atoms with Gasteiger partial charge in [-0.25, -0.2) is 4.98 Å².